The second kappa shape index (κ2) is 7.82. The van der Waals surface area contributed by atoms with Gasteiger partial charge in [-0.05, 0) is 49.6 Å². The van der Waals surface area contributed by atoms with Crippen molar-refractivity contribution in [3.8, 4) is 0 Å². The number of urea groups is 1. The first-order valence-corrected chi connectivity index (χ1v) is 11.0. The highest BCUT2D eigenvalue weighted by Gasteiger charge is 2.41. The maximum absolute atomic E-state index is 12.8. The van der Waals surface area contributed by atoms with E-state index >= 15 is 0 Å². The summed E-state index contributed by atoms with van der Waals surface area (Å²) < 4.78 is 0. The Kier molecular flexibility index (Phi) is 5.04. The maximum atomic E-state index is 12.8. The van der Waals surface area contributed by atoms with E-state index in [1.807, 2.05) is 4.90 Å². The first kappa shape index (κ1) is 18.7. The van der Waals surface area contributed by atoms with Crippen molar-refractivity contribution in [1.29, 1.82) is 0 Å². The molecule has 5 rings (SSSR count). The lowest BCUT2D eigenvalue weighted by Gasteiger charge is -2.40. The van der Waals surface area contributed by atoms with Gasteiger partial charge in [0.2, 0.25) is 0 Å². The van der Waals surface area contributed by atoms with Crippen molar-refractivity contribution in [1.82, 2.24) is 25.1 Å². The number of hydrogen-bond acceptors (Lipinski definition) is 3. The van der Waals surface area contributed by atoms with Crippen molar-refractivity contribution in [3.63, 3.8) is 0 Å². The summed E-state index contributed by atoms with van der Waals surface area (Å²) in [6.07, 6.45) is 8.08. The molecule has 154 valence electrons. The lowest BCUT2D eigenvalue weighted by molar-refractivity contribution is 0.116. The fourth-order valence-electron chi connectivity index (χ4n) is 5.39. The number of rotatable bonds is 3. The molecule has 2 N–H and O–H groups in total. The zero-order chi connectivity index (χ0) is 19.7. The average molecular weight is 394 g/mol. The number of aromatic nitrogens is 2. The van der Waals surface area contributed by atoms with Crippen LogP contribution in [-0.4, -0.2) is 58.0 Å². The largest absolute Gasteiger partial charge is 0.348 e. The zero-order valence-electron chi connectivity index (χ0n) is 17.1. The van der Waals surface area contributed by atoms with Crippen LogP contribution in [0.5, 0.6) is 0 Å². The molecule has 2 amide bonds. The number of fused-ring (bicyclic) bond motifs is 1. The van der Waals surface area contributed by atoms with Crippen LogP contribution >= 0.6 is 0 Å². The van der Waals surface area contributed by atoms with E-state index in [9.17, 15) is 4.79 Å². The van der Waals surface area contributed by atoms with Crippen LogP contribution in [0.4, 0.5) is 4.79 Å². The molecule has 1 spiro atoms. The van der Waals surface area contributed by atoms with Crippen molar-refractivity contribution in [2.24, 2.45) is 5.41 Å². The molecule has 1 aromatic carbocycles. The summed E-state index contributed by atoms with van der Waals surface area (Å²) in [4.78, 5) is 25.0. The number of benzene rings is 1. The summed E-state index contributed by atoms with van der Waals surface area (Å²) in [5.41, 5.74) is 4.15. The Balaban J connectivity index is 1.11. The van der Waals surface area contributed by atoms with Crippen molar-refractivity contribution in [2.45, 2.75) is 51.1 Å². The standard InChI is InChI=1S/C23H31N5O/c29-22(26-19-6-7-20-21(14-19)25-17-24-20)28-12-9-23(10-13-28)8-11-27(16-23)15-18-4-2-1-3-5-18/h1-5,17,19H,6-16H2,(H,24,25)(H,26,29). The second-order valence-corrected chi connectivity index (χ2v) is 9.15. The van der Waals surface area contributed by atoms with Crippen molar-refractivity contribution >= 4 is 6.03 Å². The van der Waals surface area contributed by atoms with Gasteiger partial charge in [0.05, 0.1) is 12.0 Å². The van der Waals surface area contributed by atoms with Gasteiger partial charge in [0.15, 0.2) is 0 Å². The fraction of sp³-hybridized carbons (Fsp3) is 0.565. The molecule has 0 bridgehead atoms. The Labute approximate surface area is 172 Å². The van der Waals surface area contributed by atoms with Crippen LogP contribution in [0, 0.1) is 5.41 Å². The van der Waals surface area contributed by atoms with Crippen LogP contribution in [0.1, 0.15) is 42.6 Å². The molecule has 0 radical (unpaired) electrons. The lowest BCUT2D eigenvalue weighted by Crippen LogP contribution is -2.51. The van der Waals surface area contributed by atoms with E-state index in [0.717, 1.165) is 57.4 Å². The number of nitrogens with zero attached hydrogens (tertiary/aromatic N) is 3. The number of aromatic amines is 1. The fourth-order valence-corrected chi connectivity index (χ4v) is 5.39. The van der Waals surface area contributed by atoms with Crippen LogP contribution in [-0.2, 0) is 19.4 Å². The second-order valence-electron chi connectivity index (χ2n) is 9.15. The Morgan fingerprint density at radius 3 is 2.79 bits per heavy atom. The molecule has 6 heteroatoms. The highest BCUT2D eigenvalue weighted by molar-refractivity contribution is 5.74. The van der Waals surface area contributed by atoms with Crippen LogP contribution in [0.3, 0.4) is 0 Å². The smallest absolute Gasteiger partial charge is 0.317 e. The first-order valence-electron chi connectivity index (χ1n) is 11.0. The summed E-state index contributed by atoms with van der Waals surface area (Å²) in [6, 6.07) is 11.1. The van der Waals surface area contributed by atoms with Gasteiger partial charge in [-0.2, -0.15) is 0 Å². The van der Waals surface area contributed by atoms with E-state index in [0.29, 0.717) is 5.41 Å². The monoisotopic (exact) mass is 393 g/mol. The quantitative estimate of drug-likeness (QED) is 0.843. The maximum Gasteiger partial charge on any atom is 0.317 e. The molecular weight excluding hydrogens is 362 g/mol. The molecule has 3 aliphatic rings. The molecule has 2 fully saturated rings. The van der Waals surface area contributed by atoms with E-state index in [2.05, 4.69) is 50.5 Å². The number of imidazole rings is 1. The number of amides is 2. The molecule has 2 saturated heterocycles. The van der Waals surface area contributed by atoms with Crippen molar-refractivity contribution in [3.05, 3.63) is 53.6 Å². The molecular formula is C23H31N5O. The van der Waals surface area contributed by atoms with Gasteiger partial charge in [-0.1, -0.05) is 30.3 Å². The van der Waals surface area contributed by atoms with Crippen molar-refractivity contribution in [2.75, 3.05) is 26.2 Å². The Bertz CT molecular complexity index is 840. The number of carbonyl (C=O) groups is 1. The highest BCUT2D eigenvalue weighted by atomic mass is 16.2. The van der Waals surface area contributed by atoms with Crippen LogP contribution in [0.2, 0.25) is 0 Å². The number of aryl methyl sites for hydroxylation is 1. The van der Waals surface area contributed by atoms with Gasteiger partial charge in [-0.25, -0.2) is 9.78 Å². The van der Waals surface area contributed by atoms with E-state index in [1.165, 1.54) is 30.8 Å². The van der Waals surface area contributed by atoms with Gasteiger partial charge in [0.1, 0.15) is 0 Å². The Hall–Kier alpha value is -2.34. The van der Waals surface area contributed by atoms with E-state index in [-0.39, 0.29) is 12.1 Å². The Morgan fingerprint density at radius 2 is 1.97 bits per heavy atom. The topological polar surface area (TPSA) is 64.3 Å². The Morgan fingerprint density at radius 1 is 1.17 bits per heavy atom. The SMILES string of the molecule is O=C(NC1CCc2nc[nH]c2C1)N1CCC2(CCN(Cc3ccccc3)C2)CC1. The predicted molar refractivity (Wildman–Crippen MR) is 113 cm³/mol. The molecule has 1 aromatic heterocycles. The predicted octanol–water partition coefficient (Wildman–Crippen LogP) is 2.96. The van der Waals surface area contributed by atoms with Gasteiger partial charge >= 0.3 is 6.03 Å². The summed E-state index contributed by atoms with van der Waals surface area (Å²) in [7, 11) is 0. The highest BCUT2D eigenvalue weighted by Crippen LogP contribution is 2.40. The van der Waals surface area contributed by atoms with Gasteiger partial charge in [0, 0.05) is 44.3 Å². The van der Waals surface area contributed by atoms with E-state index in [1.54, 1.807) is 6.33 Å². The minimum Gasteiger partial charge on any atom is -0.348 e. The molecule has 6 nitrogen and oxygen atoms in total. The summed E-state index contributed by atoms with van der Waals surface area (Å²) in [5, 5.41) is 3.27. The third-order valence-corrected chi connectivity index (χ3v) is 7.19. The third kappa shape index (κ3) is 4.04. The van der Waals surface area contributed by atoms with Crippen LogP contribution in [0.25, 0.3) is 0 Å². The average Bonchev–Trinajstić information content (AvgIpc) is 3.36. The minimum absolute atomic E-state index is 0.118. The molecule has 2 aromatic rings. The number of likely N-dealkylation sites (tertiary alicyclic amines) is 2. The molecule has 1 atom stereocenters. The molecule has 2 aliphatic heterocycles. The van der Waals surface area contributed by atoms with Crippen LogP contribution in [0.15, 0.2) is 36.7 Å². The molecule has 0 saturated carbocycles. The van der Waals surface area contributed by atoms with E-state index in [4.69, 9.17) is 0 Å². The molecule has 1 aliphatic carbocycles. The van der Waals surface area contributed by atoms with E-state index < -0.39 is 0 Å². The minimum atomic E-state index is 0.118. The lowest BCUT2D eigenvalue weighted by atomic mass is 9.78. The number of carbonyl (C=O) groups excluding carboxylic acids is 1. The van der Waals surface area contributed by atoms with Gasteiger partial charge in [-0.15, -0.1) is 0 Å². The van der Waals surface area contributed by atoms with Crippen molar-refractivity contribution < 1.29 is 4.79 Å². The molecule has 1 unspecified atom stereocenters. The summed E-state index contributed by atoms with van der Waals surface area (Å²) in [5.74, 6) is 0. The molecule has 3 heterocycles. The number of nitrogens with one attached hydrogen (secondary N) is 2. The summed E-state index contributed by atoms with van der Waals surface area (Å²) >= 11 is 0. The first-order chi connectivity index (χ1) is 14.2. The van der Waals surface area contributed by atoms with Crippen LogP contribution < -0.4 is 5.32 Å². The third-order valence-electron chi connectivity index (χ3n) is 7.19. The molecule has 29 heavy (non-hydrogen) atoms. The number of H-pyrrole nitrogens is 1. The number of hydrogen-bond donors (Lipinski definition) is 2. The van der Waals surface area contributed by atoms with Gasteiger partial charge < -0.3 is 15.2 Å². The zero-order valence-corrected chi connectivity index (χ0v) is 17.1. The number of piperidine rings is 1. The van der Waals surface area contributed by atoms with Gasteiger partial charge in [-0.3, -0.25) is 4.90 Å². The van der Waals surface area contributed by atoms with Gasteiger partial charge in [0.25, 0.3) is 0 Å². The normalized spacial score (nSPS) is 23.9. The summed E-state index contributed by atoms with van der Waals surface area (Å²) in [6.45, 7) is 5.16.